The van der Waals surface area contributed by atoms with Crippen molar-refractivity contribution in [3.05, 3.63) is 34.3 Å². The van der Waals surface area contributed by atoms with Crippen LogP contribution in [-0.2, 0) is 0 Å². The molecule has 1 aromatic rings. The van der Waals surface area contributed by atoms with Crippen LogP contribution in [-0.4, -0.2) is 40.2 Å². The van der Waals surface area contributed by atoms with Gasteiger partial charge in [-0.2, -0.15) is 11.8 Å². The zero-order chi connectivity index (χ0) is 13.4. The number of aliphatic hydroxyl groups excluding tert-OH is 2. The van der Waals surface area contributed by atoms with Crippen LogP contribution in [0.3, 0.4) is 0 Å². The molecule has 0 saturated heterocycles. The SMILES string of the molecule is O=C(CCCSCC(O)CO)c1ccc(Br)cc1. The van der Waals surface area contributed by atoms with Gasteiger partial charge in [0.25, 0.3) is 0 Å². The highest BCUT2D eigenvalue weighted by Crippen LogP contribution is 2.14. The van der Waals surface area contributed by atoms with Crippen LogP contribution < -0.4 is 0 Å². The highest BCUT2D eigenvalue weighted by molar-refractivity contribution is 9.10. The van der Waals surface area contributed by atoms with Crippen LogP contribution >= 0.6 is 27.7 Å². The van der Waals surface area contributed by atoms with Crippen LogP contribution in [0.4, 0.5) is 0 Å². The van der Waals surface area contributed by atoms with Crippen molar-refractivity contribution in [1.29, 1.82) is 0 Å². The van der Waals surface area contributed by atoms with Gasteiger partial charge in [0.05, 0.1) is 12.7 Å². The fraction of sp³-hybridized carbons (Fsp3) is 0.462. The summed E-state index contributed by atoms with van der Waals surface area (Å²) in [5, 5.41) is 17.8. The molecule has 0 aliphatic carbocycles. The molecule has 18 heavy (non-hydrogen) atoms. The normalized spacial score (nSPS) is 12.4. The lowest BCUT2D eigenvalue weighted by Gasteiger charge is -2.06. The molecule has 0 aliphatic rings. The highest BCUT2D eigenvalue weighted by Gasteiger charge is 2.06. The molecule has 0 aromatic heterocycles. The number of carbonyl (C=O) groups is 1. The summed E-state index contributed by atoms with van der Waals surface area (Å²) in [5.41, 5.74) is 0.735. The summed E-state index contributed by atoms with van der Waals surface area (Å²) in [6.45, 7) is -0.204. The molecule has 0 spiro atoms. The Bertz CT molecular complexity index is 367. The molecule has 5 heteroatoms. The van der Waals surface area contributed by atoms with Crippen molar-refractivity contribution < 1.29 is 15.0 Å². The Morgan fingerprint density at radius 3 is 2.61 bits per heavy atom. The number of thioether (sulfide) groups is 1. The Morgan fingerprint density at radius 1 is 1.33 bits per heavy atom. The van der Waals surface area contributed by atoms with Crippen molar-refractivity contribution in [2.24, 2.45) is 0 Å². The average molecular weight is 333 g/mol. The molecule has 0 heterocycles. The number of aliphatic hydroxyl groups is 2. The maximum absolute atomic E-state index is 11.8. The van der Waals surface area contributed by atoms with Gasteiger partial charge in [0.1, 0.15) is 0 Å². The number of benzene rings is 1. The number of carbonyl (C=O) groups excluding carboxylic acids is 1. The first-order valence-corrected chi connectivity index (χ1v) is 7.73. The topological polar surface area (TPSA) is 57.5 Å². The van der Waals surface area contributed by atoms with E-state index in [-0.39, 0.29) is 12.4 Å². The maximum atomic E-state index is 11.8. The van der Waals surface area contributed by atoms with Crippen LogP contribution in [0.1, 0.15) is 23.2 Å². The van der Waals surface area contributed by atoms with Crippen LogP contribution in [0.15, 0.2) is 28.7 Å². The third-order valence-corrected chi connectivity index (χ3v) is 4.11. The summed E-state index contributed by atoms with van der Waals surface area (Å²) in [4.78, 5) is 11.8. The minimum Gasteiger partial charge on any atom is -0.394 e. The second kappa shape index (κ2) is 8.69. The van der Waals surface area contributed by atoms with E-state index in [1.807, 2.05) is 24.3 Å². The summed E-state index contributed by atoms with van der Waals surface area (Å²) in [6, 6.07) is 7.35. The standard InChI is InChI=1S/C13H17BrO3S/c14-11-5-3-10(4-6-11)13(17)2-1-7-18-9-12(16)8-15/h3-6,12,15-16H,1-2,7-9H2. The number of rotatable bonds is 8. The van der Waals surface area contributed by atoms with Crippen molar-refractivity contribution in [3.63, 3.8) is 0 Å². The Morgan fingerprint density at radius 2 is 2.00 bits per heavy atom. The molecule has 1 aromatic carbocycles. The smallest absolute Gasteiger partial charge is 0.162 e. The molecular formula is C13H17BrO3S. The molecule has 3 nitrogen and oxygen atoms in total. The third-order valence-electron chi connectivity index (χ3n) is 2.38. The van der Waals surface area contributed by atoms with Gasteiger partial charge in [0.2, 0.25) is 0 Å². The van der Waals surface area contributed by atoms with E-state index < -0.39 is 6.10 Å². The van der Waals surface area contributed by atoms with E-state index in [4.69, 9.17) is 10.2 Å². The van der Waals surface area contributed by atoms with Gasteiger partial charge in [0, 0.05) is 22.2 Å². The predicted molar refractivity (Wildman–Crippen MR) is 78.1 cm³/mol. The molecule has 0 amide bonds. The van der Waals surface area contributed by atoms with Crippen LogP contribution in [0, 0.1) is 0 Å². The number of ketones is 1. The van der Waals surface area contributed by atoms with Crippen LogP contribution in [0.5, 0.6) is 0 Å². The van der Waals surface area contributed by atoms with Crippen molar-refractivity contribution in [2.45, 2.75) is 18.9 Å². The van der Waals surface area contributed by atoms with Gasteiger partial charge in [-0.15, -0.1) is 0 Å². The van der Waals surface area contributed by atoms with Crippen molar-refractivity contribution in [2.75, 3.05) is 18.1 Å². The Balaban J connectivity index is 2.19. The van der Waals surface area contributed by atoms with E-state index in [1.54, 1.807) is 11.8 Å². The predicted octanol–water partition coefficient (Wildman–Crippen LogP) is 2.50. The molecular weight excluding hydrogens is 316 g/mol. The molecule has 1 unspecified atom stereocenters. The molecule has 0 saturated carbocycles. The van der Waals surface area contributed by atoms with E-state index in [0.717, 1.165) is 22.2 Å². The first-order valence-electron chi connectivity index (χ1n) is 5.79. The highest BCUT2D eigenvalue weighted by atomic mass is 79.9. The Labute approximate surface area is 120 Å². The molecule has 100 valence electrons. The molecule has 0 bridgehead atoms. The zero-order valence-electron chi connectivity index (χ0n) is 10.0. The summed E-state index contributed by atoms with van der Waals surface area (Å²) in [7, 11) is 0. The lowest BCUT2D eigenvalue weighted by Crippen LogP contribution is -2.15. The monoisotopic (exact) mass is 332 g/mol. The number of Topliss-reactive ketones (excluding diaryl/α,β-unsaturated/α-hetero) is 1. The molecule has 0 aliphatic heterocycles. The Kier molecular flexibility index (Phi) is 7.58. The number of hydrogen-bond donors (Lipinski definition) is 2. The first kappa shape index (κ1) is 15.7. The van der Waals surface area contributed by atoms with Gasteiger partial charge in [-0.25, -0.2) is 0 Å². The van der Waals surface area contributed by atoms with Crippen molar-refractivity contribution >= 4 is 33.5 Å². The molecule has 1 atom stereocenters. The minimum atomic E-state index is -0.655. The van der Waals surface area contributed by atoms with E-state index in [1.165, 1.54) is 0 Å². The van der Waals surface area contributed by atoms with Gasteiger partial charge < -0.3 is 10.2 Å². The first-order chi connectivity index (χ1) is 8.63. The quantitative estimate of drug-likeness (QED) is 0.567. The lowest BCUT2D eigenvalue weighted by molar-refractivity contribution is 0.0982. The molecule has 2 N–H and O–H groups in total. The van der Waals surface area contributed by atoms with E-state index in [9.17, 15) is 4.79 Å². The largest absolute Gasteiger partial charge is 0.394 e. The summed E-state index contributed by atoms with van der Waals surface area (Å²) in [6.07, 6.45) is 0.652. The molecule has 1 rings (SSSR count). The Hall–Kier alpha value is -0.360. The number of hydrogen-bond acceptors (Lipinski definition) is 4. The van der Waals surface area contributed by atoms with Crippen molar-refractivity contribution in [3.8, 4) is 0 Å². The summed E-state index contributed by atoms with van der Waals surface area (Å²) < 4.78 is 0.965. The molecule has 0 radical (unpaired) electrons. The van der Waals surface area contributed by atoms with E-state index >= 15 is 0 Å². The zero-order valence-corrected chi connectivity index (χ0v) is 12.4. The second-order valence-electron chi connectivity index (χ2n) is 3.94. The van der Waals surface area contributed by atoms with Gasteiger partial charge in [-0.1, -0.05) is 28.1 Å². The summed E-state index contributed by atoms with van der Waals surface area (Å²) >= 11 is 4.89. The van der Waals surface area contributed by atoms with Gasteiger partial charge in [0.15, 0.2) is 5.78 Å². The number of halogens is 1. The summed E-state index contributed by atoms with van der Waals surface area (Å²) in [5.74, 6) is 1.48. The molecule has 0 fully saturated rings. The fourth-order valence-corrected chi connectivity index (χ4v) is 2.54. The minimum absolute atomic E-state index is 0.144. The van der Waals surface area contributed by atoms with Gasteiger partial charge >= 0.3 is 0 Å². The maximum Gasteiger partial charge on any atom is 0.162 e. The van der Waals surface area contributed by atoms with Crippen molar-refractivity contribution in [1.82, 2.24) is 0 Å². The van der Waals surface area contributed by atoms with Crippen LogP contribution in [0.25, 0.3) is 0 Å². The second-order valence-corrected chi connectivity index (χ2v) is 6.01. The fourth-order valence-electron chi connectivity index (χ4n) is 1.39. The van der Waals surface area contributed by atoms with E-state index in [2.05, 4.69) is 15.9 Å². The van der Waals surface area contributed by atoms with Gasteiger partial charge in [-0.05, 0) is 24.3 Å². The van der Waals surface area contributed by atoms with E-state index in [0.29, 0.717) is 12.2 Å². The lowest BCUT2D eigenvalue weighted by atomic mass is 10.1. The average Bonchev–Trinajstić information content (AvgIpc) is 2.38. The van der Waals surface area contributed by atoms with Gasteiger partial charge in [-0.3, -0.25) is 4.79 Å². The third kappa shape index (κ3) is 6.00. The van der Waals surface area contributed by atoms with Crippen LogP contribution in [0.2, 0.25) is 0 Å².